The van der Waals surface area contributed by atoms with Crippen LogP contribution in [0.15, 0.2) is 18.3 Å². The van der Waals surface area contributed by atoms with Crippen LogP contribution in [0.25, 0.3) is 0 Å². The molecule has 1 heterocycles. The summed E-state index contributed by atoms with van der Waals surface area (Å²) in [7, 11) is 1.50. The Labute approximate surface area is 88.6 Å². The van der Waals surface area contributed by atoms with Gasteiger partial charge in [-0.3, -0.25) is 4.79 Å². The Morgan fingerprint density at radius 3 is 3.07 bits per heavy atom. The van der Waals surface area contributed by atoms with Crippen LogP contribution in [0.5, 0.6) is 5.88 Å². The number of nitrogens with two attached hydrogens (primary N) is 1. The van der Waals surface area contributed by atoms with Crippen molar-refractivity contribution < 1.29 is 9.53 Å². The summed E-state index contributed by atoms with van der Waals surface area (Å²) >= 11 is 0. The fourth-order valence-corrected chi connectivity index (χ4v) is 1.06. The second-order valence-electron chi connectivity index (χ2n) is 3.06. The van der Waals surface area contributed by atoms with Crippen molar-refractivity contribution in [2.24, 2.45) is 5.73 Å². The van der Waals surface area contributed by atoms with Gasteiger partial charge >= 0.3 is 0 Å². The normalized spacial score (nSPS) is 11.9. The van der Waals surface area contributed by atoms with Crippen molar-refractivity contribution in [2.45, 2.75) is 19.4 Å². The third-order valence-electron chi connectivity index (χ3n) is 2.00. The Morgan fingerprint density at radius 2 is 2.47 bits per heavy atom. The number of nitrogens with one attached hydrogen (secondary N) is 1. The molecule has 0 radical (unpaired) electrons. The van der Waals surface area contributed by atoms with Crippen molar-refractivity contribution in [3.05, 3.63) is 18.3 Å². The average molecular weight is 209 g/mol. The third kappa shape index (κ3) is 2.92. The van der Waals surface area contributed by atoms with E-state index in [4.69, 9.17) is 10.5 Å². The maximum absolute atomic E-state index is 11.5. The maximum atomic E-state index is 11.5. The summed E-state index contributed by atoms with van der Waals surface area (Å²) in [4.78, 5) is 15.4. The molecule has 0 fully saturated rings. The highest BCUT2D eigenvalue weighted by atomic mass is 16.5. The number of nitrogens with zero attached hydrogens (tertiary/aromatic N) is 1. The van der Waals surface area contributed by atoms with Crippen molar-refractivity contribution >= 4 is 11.6 Å². The number of ether oxygens (including phenoxy) is 1. The van der Waals surface area contributed by atoms with E-state index in [0.717, 1.165) is 0 Å². The number of hydrogen-bond acceptors (Lipinski definition) is 4. The minimum absolute atomic E-state index is 0.233. The van der Waals surface area contributed by atoms with E-state index in [1.807, 2.05) is 6.92 Å². The first-order chi connectivity index (χ1) is 7.19. The molecule has 82 valence electrons. The van der Waals surface area contributed by atoms with Gasteiger partial charge in [-0.2, -0.15) is 0 Å². The molecule has 0 aromatic carbocycles. The minimum atomic E-state index is -0.505. The number of carbonyl (C=O) groups is 1. The smallest absolute Gasteiger partial charge is 0.241 e. The maximum Gasteiger partial charge on any atom is 0.241 e. The van der Waals surface area contributed by atoms with Gasteiger partial charge in [0.25, 0.3) is 0 Å². The van der Waals surface area contributed by atoms with Crippen molar-refractivity contribution in [3.8, 4) is 5.88 Å². The lowest BCUT2D eigenvalue weighted by molar-refractivity contribution is -0.117. The Morgan fingerprint density at radius 1 is 1.73 bits per heavy atom. The number of pyridine rings is 1. The summed E-state index contributed by atoms with van der Waals surface area (Å²) in [5, 5.41) is 2.66. The van der Waals surface area contributed by atoms with Gasteiger partial charge in [-0.05, 0) is 18.6 Å². The quantitative estimate of drug-likeness (QED) is 0.767. The Hall–Kier alpha value is -1.62. The number of hydrogen-bond donors (Lipinski definition) is 2. The molecule has 15 heavy (non-hydrogen) atoms. The molecule has 3 N–H and O–H groups in total. The van der Waals surface area contributed by atoms with Gasteiger partial charge in [0.05, 0.1) is 13.2 Å². The first kappa shape index (κ1) is 11.5. The summed E-state index contributed by atoms with van der Waals surface area (Å²) in [6.45, 7) is 1.85. The molecule has 1 aromatic rings. The van der Waals surface area contributed by atoms with Crippen LogP contribution in [-0.4, -0.2) is 24.0 Å². The predicted molar refractivity (Wildman–Crippen MR) is 57.7 cm³/mol. The van der Waals surface area contributed by atoms with Crippen LogP contribution in [0.4, 0.5) is 5.69 Å². The standard InChI is InChI=1S/C10H15N3O2/c1-3-7(11)9(14)13-8-5-4-6-12-10(8)15-2/h4-7H,3,11H2,1-2H3,(H,13,14)/t7-/m1/s1. The van der Waals surface area contributed by atoms with Crippen molar-refractivity contribution in [2.75, 3.05) is 12.4 Å². The topological polar surface area (TPSA) is 77.2 Å². The fourth-order valence-electron chi connectivity index (χ4n) is 1.06. The number of rotatable bonds is 4. The minimum Gasteiger partial charge on any atom is -0.480 e. The van der Waals surface area contributed by atoms with E-state index in [0.29, 0.717) is 18.0 Å². The van der Waals surface area contributed by atoms with E-state index in [1.54, 1.807) is 18.3 Å². The molecular formula is C10H15N3O2. The van der Waals surface area contributed by atoms with Crippen LogP contribution >= 0.6 is 0 Å². The van der Waals surface area contributed by atoms with Gasteiger partial charge in [-0.15, -0.1) is 0 Å². The lowest BCUT2D eigenvalue weighted by Crippen LogP contribution is -2.34. The number of carbonyl (C=O) groups excluding carboxylic acids is 1. The molecular weight excluding hydrogens is 194 g/mol. The molecule has 0 aliphatic carbocycles. The first-order valence-corrected chi connectivity index (χ1v) is 4.74. The Balaban J connectivity index is 2.76. The largest absolute Gasteiger partial charge is 0.480 e. The van der Waals surface area contributed by atoms with E-state index in [9.17, 15) is 4.79 Å². The molecule has 0 bridgehead atoms. The number of aromatic nitrogens is 1. The molecule has 5 nitrogen and oxygen atoms in total. The van der Waals surface area contributed by atoms with Gasteiger partial charge in [-0.25, -0.2) is 4.98 Å². The molecule has 0 aliphatic heterocycles. The number of anilines is 1. The van der Waals surface area contributed by atoms with Crippen LogP contribution < -0.4 is 15.8 Å². The summed E-state index contributed by atoms with van der Waals surface area (Å²) in [5.41, 5.74) is 6.12. The summed E-state index contributed by atoms with van der Waals surface area (Å²) in [5.74, 6) is 0.151. The number of methoxy groups -OCH3 is 1. The van der Waals surface area contributed by atoms with E-state index >= 15 is 0 Å². The molecule has 1 atom stereocenters. The van der Waals surface area contributed by atoms with E-state index in [-0.39, 0.29) is 5.91 Å². The molecule has 0 aliphatic rings. The molecule has 0 unspecified atom stereocenters. The van der Waals surface area contributed by atoms with Gasteiger partial charge in [0.15, 0.2) is 0 Å². The number of amides is 1. The third-order valence-corrected chi connectivity index (χ3v) is 2.00. The highest BCUT2D eigenvalue weighted by Gasteiger charge is 2.13. The summed E-state index contributed by atoms with van der Waals surface area (Å²) in [6.07, 6.45) is 2.18. The van der Waals surface area contributed by atoms with Gasteiger partial charge in [0.1, 0.15) is 5.69 Å². The Kier molecular flexibility index (Phi) is 4.05. The molecule has 1 amide bonds. The van der Waals surface area contributed by atoms with Crippen LogP contribution in [0, 0.1) is 0 Å². The monoisotopic (exact) mass is 209 g/mol. The molecule has 0 spiro atoms. The zero-order valence-corrected chi connectivity index (χ0v) is 8.86. The zero-order valence-electron chi connectivity index (χ0n) is 8.86. The molecule has 1 rings (SSSR count). The van der Waals surface area contributed by atoms with E-state index < -0.39 is 6.04 Å². The van der Waals surface area contributed by atoms with E-state index in [2.05, 4.69) is 10.3 Å². The van der Waals surface area contributed by atoms with E-state index in [1.165, 1.54) is 7.11 Å². The second kappa shape index (κ2) is 5.31. The molecule has 1 aromatic heterocycles. The van der Waals surface area contributed by atoms with Crippen LogP contribution in [-0.2, 0) is 4.79 Å². The van der Waals surface area contributed by atoms with Crippen LogP contribution in [0.3, 0.4) is 0 Å². The van der Waals surface area contributed by atoms with Crippen molar-refractivity contribution in [1.82, 2.24) is 4.98 Å². The SMILES string of the molecule is CC[C@@H](N)C(=O)Nc1cccnc1OC. The van der Waals surface area contributed by atoms with Crippen LogP contribution in [0.1, 0.15) is 13.3 Å². The summed E-state index contributed by atoms with van der Waals surface area (Å²) < 4.78 is 4.99. The molecule has 0 saturated carbocycles. The summed E-state index contributed by atoms with van der Waals surface area (Å²) in [6, 6.07) is 2.93. The average Bonchev–Trinajstić information content (AvgIpc) is 2.28. The van der Waals surface area contributed by atoms with Gasteiger partial charge in [0, 0.05) is 6.20 Å². The lowest BCUT2D eigenvalue weighted by atomic mass is 10.2. The van der Waals surface area contributed by atoms with Crippen molar-refractivity contribution in [3.63, 3.8) is 0 Å². The molecule has 0 saturated heterocycles. The van der Waals surface area contributed by atoms with Gasteiger partial charge in [0.2, 0.25) is 11.8 Å². The first-order valence-electron chi connectivity index (χ1n) is 4.74. The van der Waals surface area contributed by atoms with Gasteiger partial charge in [-0.1, -0.05) is 6.92 Å². The highest BCUT2D eigenvalue weighted by molar-refractivity contribution is 5.95. The Bertz CT molecular complexity index is 341. The van der Waals surface area contributed by atoms with Crippen LogP contribution in [0.2, 0.25) is 0 Å². The second-order valence-corrected chi connectivity index (χ2v) is 3.06. The highest BCUT2D eigenvalue weighted by Crippen LogP contribution is 2.19. The lowest BCUT2D eigenvalue weighted by Gasteiger charge is -2.11. The zero-order chi connectivity index (χ0) is 11.3. The fraction of sp³-hybridized carbons (Fsp3) is 0.400. The molecule has 5 heteroatoms. The predicted octanol–water partition coefficient (Wildman–Crippen LogP) is 0.766. The van der Waals surface area contributed by atoms with Gasteiger partial charge < -0.3 is 15.8 Å². The van der Waals surface area contributed by atoms with Crippen molar-refractivity contribution in [1.29, 1.82) is 0 Å².